The minimum atomic E-state index is 0.280. The van der Waals surface area contributed by atoms with Crippen LogP contribution in [0.2, 0.25) is 0 Å². The van der Waals surface area contributed by atoms with Crippen LogP contribution in [0.3, 0.4) is 0 Å². The molecular formula is C45H91NO3. The molecule has 0 heterocycles. The van der Waals surface area contributed by atoms with Crippen LogP contribution in [0.5, 0.6) is 0 Å². The van der Waals surface area contributed by atoms with Gasteiger partial charge in [-0.2, -0.15) is 0 Å². The van der Waals surface area contributed by atoms with E-state index in [1.165, 1.54) is 193 Å². The van der Waals surface area contributed by atoms with E-state index in [-0.39, 0.29) is 6.61 Å². The third-order valence-corrected chi connectivity index (χ3v) is 10.5. The fourth-order valence-corrected chi connectivity index (χ4v) is 7.12. The summed E-state index contributed by atoms with van der Waals surface area (Å²) in [5.74, 6) is 0.986. The van der Waals surface area contributed by atoms with E-state index in [1.54, 1.807) is 0 Å². The van der Waals surface area contributed by atoms with E-state index in [4.69, 9.17) is 9.47 Å². The highest BCUT2D eigenvalue weighted by Crippen LogP contribution is 2.21. The largest absolute Gasteiger partial charge is 0.499 e. The van der Waals surface area contributed by atoms with Gasteiger partial charge in [0, 0.05) is 13.0 Å². The van der Waals surface area contributed by atoms with Crippen LogP contribution in [0.4, 0.5) is 0 Å². The van der Waals surface area contributed by atoms with Gasteiger partial charge in [0.2, 0.25) is 0 Å². The summed E-state index contributed by atoms with van der Waals surface area (Å²) in [4.78, 5) is 2.49. The van der Waals surface area contributed by atoms with Crippen molar-refractivity contribution < 1.29 is 14.6 Å². The highest BCUT2D eigenvalue weighted by atomic mass is 16.5. The second-order valence-corrected chi connectivity index (χ2v) is 15.3. The summed E-state index contributed by atoms with van der Waals surface area (Å²) in [7, 11) is 0. The van der Waals surface area contributed by atoms with Crippen LogP contribution in [0.25, 0.3) is 0 Å². The molecule has 1 N–H and O–H groups in total. The summed E-state index contributed by atoms with van der Waals surface area (Å²) >= 11 is 0. The first kappa shape index (κ1) is 48.4. The predicted octanol–water partition coefficient (Wildman–Crippen LogP) is 14.1. The van der Waals surface area contributed by atoms with Crippen LogP contribution in [0.1, 0.15) is 233 Å². The minimum Gasteiger partial charge on any atom is -0.499 e. The molecule has 1 unspecified atom stereocenters. The third kappa shape index (κ3) is 35.6. The molecule has 1 atom stereocenters. The van der Waals surface area contributed by atoms with E-state index in [0.29, 0.717) is 12.2 Å². The monoisotopic (exact) mass is 694 g/mol. The molecule has 0 aliphatic carbocycles. The first-order chi connectivity index (χ1) is 24.1. The summed E-state index contributed by atoms with van der Waals surface area (Å²) < 4.78 is 12.6. The molecule has 4 nitrogen and oxygen atoms in total. The average molecular weight is 694 g/mol. The van der Waals surface area contributed by atoms with Gasteiger partial charge in [0.1, 0.15) is 0 Å². The van der Waals surface area contributed by atoms with Gasteiger partial charge in [-0.25, -0.2) is 0 Å². The lowest BCUT2D eigenvalue weighted by Gasteiger charge is -2.25. The molecule has 0 aliphatic rings. The Bertz CT molecular complexity index is 629. The Morgan fingerprint density at radius 2 is 0.898 bits per heavy atom. The first-order valence-electron chi connectivity index (χ1n) is 22.4. The summed E-state index contributed by atoms with van der Waals surface area (Å²) in [5.41, 5.74) is 0. The van der Waals surface area contributed by atoms with Crippen molar-refractivity contribution in [1.82, 2.24) is 4.90 Å². The maximum Gasteiger partial charge on any atom is 0.0888 e. The number of nitrogens with zero attached hydrogens (tertiary/aromatic N) is 1. The van der Waals surface area contributed by atoms with Gasteiger partial charge in [-0.15, -0.1) is 0 Å². The fraction of sp³-hybridized carbons (Fsp3) is 0.956. The van der Waals surface area contributed by atoms with Crippen molar-refractivity contribution in [1.29, 1.82) is 0 Å². The zero-order valence-electron chi connectivity index (χ0n) is 34.2. The van der Waals surface area contributed by atoms with E-state index in [9.17, 15) is 5.11 Å². The van der Waals surface area contributed by atoms with Gasteiger partial charge in [-0.3, -0.25) is 0 Å². The maximum absolute atomic E-state index is 9.57. The summed E-state index contributed by atoms with van der Waals surface area (Å²) in [6.07, 6.45) is 42.6. The first-order valence-corrected chi connectivity index (χ1v) is 22.4. The van der Waals surface area contributed by atoms with Crippen molar-refractivity contribution in [3.63, 3.8) is 0 Å². The molecular weight excluding hydrogens is 602 g/mol. The molecule has 4 heteroatoms. The highest BCUT2D eigenvalue weighted by Gasteiger charge is 2.15. The Hall–Kier alpha value is -0.580. The molecule has 0 radical (unpaired) electrons. The second kappa shape index (κ2) is 40.2. The van der Waals surface area contributed by atoms with E-state index in [0.717, 1.165) is 44.8 Å². The van der Waals surface area contributed by atoms with Crippen LogP contribution >= 0.6 is 0 Å². The summed E-state index contributed by atoms with van der Waals surface area (Å²) in [5, 5.41) is 9.57. The van der Waals surface area contributed by atoms with Crippen LogP contribution in [-0.4, -0.2) is 55.1 Å². The number of rotatable bonds is 42. The Morgan fingerprint density at radius 1 is 0.490 bits per heavy atom. The molecule has 0 rings (SSSR count). The molecule has 0 aromatic heterocycles. The van der Waals surface area contributed by atoms with Gasteiger partial charge in [0.25, 0.3) is 0 Å². The lowest BCUT2D eigenvalue weighted by molar-refractivity contribution is -0.0291. The molecule has 0 saturated heterocycles. The van der Waals surface area contributed by atoms with Crippen LogP contribution < -0.4 is 0 Å². The Labute approximate surface area is 309 Å². The van der Waals surface area contributed by atoms with E-state index in [1.807, 2.05) is 0 Å². The zero-order valence-corrected chi connectivity index (χ0v) is 34.2. The molecule has 0 spiro atoms. The Kier molecular flexibility index (Phi) is 39.7. The second-order valence-electron chi connectivity index (χ2n) is 15.3. The topological polar surface area (TPSA) is 41.9 Å². The van der Waals surface area contributed by atoms with Gasteiger partial charge >= 0.3 is 0 Å². The highest BCUT2D eigenvalue weighted by molar-refractivity contribution is 4.81. The quantitative estimate of drug-likeness (QED) is 0.0510. The SMILES string of the molecule is C=C(CCCCCCCN(CCO)CCCCCCCCCC(CC)OC(CCCCCC)CCCCCC)OCCCCCCCCC. The van der Waals surface area contributed by atoms with E-state index >= 15 is 0 Å². The summed E-state index contributed by atoms with van der Waals surface area (Å²) in [6.45, 7) is 17.6. The van der Waals surface area contributed by atoms with E-state index < -0.39 is 0 Å². The number of unbranched alkanes of at least 4 members (excludes halogenated alkanes) is 22. The van der Waals surface area contributed by atoms with Crippen LogP contribution in [0.15, 0.2) is 12.3 Å². The van der Waals surface area contributed by atoms with Crippen molar-refractivity contribution in [2.24, 2.45) is 0 Å². The van der Waals surface area contributed by atoms with Crippen molar-refractivity contribution in [2.45, 2.75) is 245 Å². The third-order valence-electron chi connectivity index (χ3n) is 10.5. The van der Waals surface area contributed by atoms with Crippen molar-refractivity contribution in [3.05, 3.63) is 12.3 Å². The van der Waals surface area contributed by atoms with Gasteiger partial charge in [-0.1, -0.05) is 182 Å². The Balaban J connectivity index is 3.85. The normalized spacial score (nSPS) is 12.4. The summed E-state index contributed by atoms with van der Waals surface area (Å²) in [6, 6.07) is 0. The maximum atomic E-state index is 9.57. The molecule has 0 aromatic rings. The molecule has 0 saturated carbocycles. The zero-order chi connectivity index (χ0) is 35.9. The number of hydrogen-bond acceptors (Lipinski definition) is 4. The number of aliphatic hydroxyl groups is 1. The lowest BCUT2D eigenvalue weighted by Crippen LogP contribution is -2.29. The number of allylic oxidation sites excluding steroid dienone is 1. The fourth-order valence-electron chi connectivity index (χ4n) is 7.12. The van der Waals surface area contributed by atoms with Gasteiger partial charge in [-0.05, 0) is 64.5 Å². The molecule has 49 heavy (non-hydrogen) atoms. The van der Waals surface area contributed by atoms with Gasteiger partial charge < -0.3 is 19.5 Å². The van der Waals surface area contributed by atoms with Crippen molar-refractivity contribution in [2.75, 3.05) is 32.8 Å². The van der Waals surface area contributed by atoms with Crippen LogP contribution in [-0.2, 0) is 9.47 Å². The van der Waals surface area contributed by atoms with Gasteiger partial charge in [0.05, 0.1) is 31.2 Å². The molecule has 0 fully saturated rings. The smallest absolute Gasteiger partial charge is 0.0888 e. The molecule has 294 valence electrons. The number of hydrogen-bond donors (Lipinski definition) is 1. The minimum absolute atomic E-state index is 0.280. The van der Waals surface area contributed by atoms with Crippen LogP contribution in [0, 0.1) is 0 Å². The molecule has 0 amide bonds. The van der Waals surface area contributed by atoms with E-state index in [2.05, 4.69) is 39.2 Å². The van der Waals surface area contributed by atoms with Crippen molar-refractivity contribution in [3.8, 4) is 0 Å². The standard InChI is InChI=1S/C45H91NO3/c1-6-10-13-16-20-26-33-42-48-43(5)34-27-22-21-25-32-39-46(40-41-47)38-31-24-19-17-18-23-30-35-44(9-4)49-45(36-28-14-11-7-2)37-29-15-12-8-3/h44-45,47H,5-42H2,1-4H3. The average Bonchev–Trinajstić information content (AvgIpc) is 3.10. The number of ether oxygens (including phenoxy) is 2. The molecule has 0 aliphatic heterocycles. The molecule has 0 aromatic carbocycles. The lowest BCUT2D eigenvalue weighted by atomic mass is 10.0. The van der Waals surface area contributed by atoms with Gasteiger partial charge in [0.15, 0.2) is 0 Å². The molecule has 0 bridgehead atoms. The Morgan fingerprint density at radius 3 is 1.39 bits per heavy atom. The number of aliphatic hydroxyl groups excluding tert-OH is 1. The van der Waals surface area contributed by atoms with Crippen molar-refractivity contribution >= 4 is 0 Å². The predicted molar refractivity (Wildman–Crippen MR) is 218 cm³/mol.